The van der Waals surface area contributed by atoms with E-state index in [-0.39, 0.29) is 18.0 Å². The van der Waals surface area contributed by atoms with Crippen LogP contribution in [-0.4, -0.2) is 70.9 Å². The van der Waals surface area contributed by atoms with E-state index < -0.39 is 0 Å². The Morgan fingerprint density at radius 2 is 1.67 bits per heavy atom. The quantitative estimate of drug-likeness (QED) is 0.655. The number of urea groups is 1. The number of carbonyl (C=O) groups is 2. The first-order valence-electron chi connectivity index (χ1n) is 13.0. The summed E-state index contributed by atoms with van der Waals surface area (Å²) in [5, 5.41) is 0. The van der Waals surface area contributed by atoms with Crippen molar-refractivity contribution in [3.05, 3.63) is 35.4 Å². The second kappa shape index (κ2) is 10.5. The average Bonchev–Trinajstić information content (AvgIpc) is 3.05. The van der Waals surface area contributed by atoms with Gasteiger partial charge in [0.1, 0.15) is 0 Å². The third-order valence-corrected chi connectivity index (χ3v) is 8.49. The van der Waals surface area contributed by atoms with Gasteiger partial charge >= 0.3 is 6.03 Å². The molecule has 2 unspecified atom stereocenters. The highest BCUT2D eigenvalue weighted by Gasteiger charge is 2.42. The van der Waals surface area contributed by atoms with Crippen molar-refractivity contribution in [3.8, 4) is 0 Å². The molecule has 33 heavy (non-hydrogen) atoms. The van der Waals surface area contributed by atoms with Gasteiger partial charge in [-0.1, -0.05) is 37.5 Å². The molecular weight excluding hydrogens is 412 g/mol. The minimum absolute atomic E-state index is 0.189. The first-order valence-corrected chi connectivity index (χ1v) is 13.0. The Morgan fingerprint density at radius 1 is 1.03 bits per heavy atom. The summed E-state index contributed by atoms with van der Waals surface area (Å²) in [6, 6.07) is 9.71. The Labute approximate surface area is 199 Å². The zero-order valence-corrected chi connectivity index (χ0v) is 20.7. The maximum absolute atomic E-state index is 13.4. The lowest BCUT2D eigenvalue weighted by Gasteiger charge is -2.43. The fraction of sp³-hybridized carbons (Fsp3) is 0.704. The molecule has 0 radical (unpaired) electrons. The molecule has 1 aromatic rings. The molecule has 1 aliphatic carbocycles. The summed E-state index contributed by atoms with van der Waals surface area (Å²) in [5.41, 5.74) is 7.47. The van der Waals surface area contributed by atoms with E-state index >= 15 is 0 Å². The smallest absolute Gasteiger partial charge is 0.320 e. The maximum Gasteiger partial charge on any atom is 0.320 e. The van der Waals surface area contributed by atoms with Crippen molar-refractivity contribution in [2.45, 2.75) is 102 Å². The Hall–Kier alpha value is -2.08. The molecule has 3 aliphatic rings. The zero-order valence-electron chi connectivity index (χ0n) is 20.7. The lowest BCUT2D eigenvalue weighted by atomic mass is 9.82. The molecular formula is C27H42N4O2. The SMILES string of the molecule is CC(C)N(C)C(=O)N(CCN1C2CCC1CC(c1ccccc1C(N)=O)C2)C1CCCCC1. The third kappa shape index (κ3) is 5.21. The van der Waals surface area contributed by atoms with E-state index in [1.54, 1.807) is 0 Å². The second-order valence-electron chi connectivity index (χ2n) is 10.7. The van der Waals surface area contributed by atoms with Crippen LogP contribution in [0.3, 0.4) is 0 Å². The summed E-state index contributed by atoms with van der Waals surface area (Å²) in [4.78, 5) is 32.1. The Balaban J connectivity index is 1.44. The van der Waals surface area contributed by atoms with Gasteiger partial charge in [0.25, 0.3) is 0 Å². The number of amides is 3. The molecule has 1 saturated carbocycles. The molecule has 2 heterocycles. The molecule has 2 saturated heterocycles. The first-order chi connectivity index (χ1) is 15.9. The van der Waals surface area contributed by atoms with Crippen LogP contribution >= 0.6 is 0 Å². The molecule has 0 spiro atoms. The lowest BCUT2D eigenvalue weighted by Crippen LogP contribution is -2.53. The van der Waals surface area contributed by atoms with Crippen LogP contribution in [0.4, 0.5) is 4.79 Å². The van der Waals surface area contributed by atoms with Crippen LogP contribution in [-0.2, 0) is 0 Å². The Bertz CT molecular complexity index is 821. The van der Waals surface area contributed by atoms with Crippen LogP contribution in [0.1, 0.15) is 93.5 Å². The highest BCUT2D eigenvalue weighted by molar-refractivity contribution is 5.94. The largest absolute Gasteiger partial charge is 0.366 e. The van der Waals surface area contributed by atoms with Crippen molar-refractivity contribution in [1.82, 2.24) is 14.7 Å². The van der Waals surface area contributed by atoms with E-state index in [1.165, 1.54) is 32.1 Å². The summed E-state index contributed by atoms with van der Waals surface area (Å²) in [6.07, 6.45) is 10.6. The predicted octanol–water partition coefficient (Wildman–Crippen LogP) is 4.59. The van der Waals surface area contributed by atoms with E-state index in [4.69, 9.17) is 5.73 Å². The average molecular weight is 455 g/mol. The maximum atomic E-state index is 13.4. The summed E-state index contributed by atoms with van der Waals surface area (Å²) in [6.45, 7) is 5.95. The van der Waals surface area contributed by atoms with Crippen LogP contribution < -0.4 is 5.73 Å². The molecule has 6 nitrogen and oxygen atoms in total. The second-order valence-corrected chi connectivity index (χ2v) is 10.7. The molecule has 1 aromatic carbocycles. The lowest BCUT2D eigenvalue weighted by molar-refractivity contribution is 0.0829. The standard InChI is InChI=1S/C27H42N4O2/c1-19(2)29(3)27(33)31(21-9-5-4-6-10-21)16-15-30-22-13-14-23(30)18-20(17-22)24-11-7-8-12-25(24)26(28)32/h7-8,11-12,19-23H,4-6,9-10,13-18H2,1-3H3,(H2,28,32). The summed E-state index contributed by atoms with van der Waals surface area (Å²) in [5.74, 6) is 0.0712. The van der Waals surface area contributed by atoms with Gasteiger partial charge in [0, 0.05) is 49.9 Å². The minimum Gasteiger partial charge on any atom is -0.366 e. The molecule has 2 N–H and O–H groups in total. The number of rotatable bonds is 7. The summed E-state index contributed by atoms with van der Waals surface area (Å²) < 4.78 is 0. The van der Waals surface area contributed by atoms with Crippen molar-refractivity contribution in [2.75, 3.05) is 20.1 Å². The number of piperidine rings is 1. The van der Waals surface area contributed by atoms with Crippen LogP contribution in [0, 0.1) is 0 Å². The van der Waals surface area contributed by atoms with E-state index in [0.717, 1.165) is 44.3 Å². The molecule has 3 fully saturated rings. The Kier molecular flexibility index (Phi) is 7.62. The van der Waals surface area contributed by atoms with Gasteiger partial charge in [0.05, 0.1) is 0 Å². The predicted molar refractivity (Wildman–Crippen MR) is 132 cm³/mol. The number of nitrogens with two attached hydrogens (primary N) is 1. The number of carbonyl (C=O) groups excluding carboxylic acids is 2. The molecule has 2 atom stereocenters. The summed E-state index contributed by atoms with van der Waals surface area (Å²) >= 11 is 0. The first kappa shape index (κ1) is 24.1. The molecule has 2 aliphatic heterocycles. The van der Waals surface area contributed by atoms with Gasteiger partial charge in [-0.3, -0.25) is 9.69 Å². The van der Waals surface area contributed by atoms with E-state index in [2.05, 4.69) is 29.7 Å². The van der Waals surface area contributed by atoms with Gasteiger partial charge in [-0.15, -0.1) is 0 Å². The van der Waals surface area contributed by atoms with Crippen molar-refractivity contribution >= 4 is 11.9 Å². The highest BCUT2D eigenvalue weighted by atomic mass is 16.2. The van der Waals surface area contributed by atoms with Gasteiger partial charge in [-0.25, -0.2) is 4.79 Å². The third-order valence-electron chi connectivity index (χ3n) is 8.49. The van der Waals surface area contributed by atoms with Gasteiger partial charge in [-0.2, -0.15) is 0 Å². The number of benzene rings is 1. The topological polar surface area (TPSA) is 69.9 Å². The fourth-order valence-corrected chi connectivity index (χ4v) is 6.44. The van der Waals surface area contributed by atoms with Crippen LogP contribution in [0.25, 0.3) is 0 Å². The number of hydrogen-bond donors (Lipinski definition) is 1. The number of hydrogen-bond acceptors (Lipinski definition) is 3. The fourth-order valence-electron chi connectivity index (χ4n) is 6.44. The molecule has 0 aromatic heterocycles. The molecule has 4 rings (SSSR count). The molecule has 2 bridgehead atoms. The number of fused-ring (bicyclic) bond motifs is 2. The highest BCUT2D eigenvalue weighted by Crippen LogP contribution is 2.43. The monoisotopic (exact) mass is 454 g/mol. The van der Waals surface area contributed by atoms with Crippen molar-refractivity contribution in [1.29, 1.82) is 0 Å². The minimum atomic E-state index is -0.323. The van der Waals surface area contributed by atoms with Gasteiger partial charge < -0.3 is 15.5 Å². The van der Waals surface area contributed by atoms with E-state index in [0.29, 0.717) is 29.6 Å². The Morgan fingerprint density at radius 3 is 2.27 bits per heavy atom. The van der Waals surface area contributed by atoms with Crippen molar-refractivity contribution in [2.24, 2.45) is 5.73 Å². The van der Waals surface area contributed by atoms with Crippen molar-refractivity contribution in [3.63, 3.8) is 0 Å². The number of primary amides is 1. The van der Waals surface area contributed by atoms with E-state index in [9.17, 15) is 9.59 Å². The van der Waals surface area contributed by atoms with Crippen molar-refractivity contribution < 1.29 is 9.59 Å². The van der Waals surface area contributed by atoms with E-state index in [1.807, 2.05) is 30.1 Å². The molecule has 3 amide bonds. The number of nitrogens with zero attached hydrogens (tertiary/aromatic N) is 3. The zero-order chi connectivity index (χ0) is 23.5. The van der Waals surface area contributed by atoms with Gasteiger partial charge in [0.2, 0.25) is 5.91 Å². The van der Waals surface area contributed by atoms with Crippen LogP contribution in [0.15, 0.2) is 24.3 Å². The van der Waals surface area contributed by atoms with Crippen LogP contribution in [0.5, 0.6) is 0 Å². The van der Waals surface area contributed by atoms with Gasteiger partial charge in [0.15, 0.2) is 0 Å². The van der Waals surface area contributed by atoms with Crippen LogP contribution in [0.2, 0.25) is 0 Å². The van der Waals surface area contributed by atoms with Gasteiger partial charge in [-0.05, 0) is 69.9 Å². The normalized spacial score (nSPS) is 25.9. The molecule has 6 heteroatoms. The molecule has 182 valence electrons. The summed E-state index contributed by atoms with van der Waals surface area (Å²) in [7, 11) is 1.94.